The van der Waals surface area contributed by atoms with Gasteiger partial charge in [-0.1, -0.05) is 26.7 Å². The van der Waals surface area contributed by atoms with Crippen LogP contribution in [0.1, 0.15) is 51.8 Å². The topological polar surface area (TPSA) is 46.8 Å². The molecular weight excluding hydrogens is 295 g/mol. The number of rotatable bonds is 5. The van der Waals surface area contributed by atoms with Crippen LogP contribution in [0.15, 0.2) is 0 Å². The van der Waals surface area contributed by atoms with E-state index in [4.69, 9.17) is 0 Å². The monoisotopic (exact) mass is 319 g/mol. The molecule has 1 fully saturated rings. The lowest BCUT2D eigenvalue weighted by atomic mass is 9.99. The van der Waals surface area contributed by atoms with Gasteiger partial charge in [-0.15, -0.1) is 5.10 Å². The zero-order chi connectivity index (χ0) is 16.2. The predicted octanol–water partition coefficient (Wildman–Crippen LogP) is 3.03. The summed E-state index contributed by atoms with van der Waals surface area (Å²) in [5.41, 5.74) is 0. The van der Waals surface area contributed by atoms with Crippen LogP contribution in [0, 0.1) is 5.92 Å². The number of nitrogens with zero attached hydrogens (tertiary/aromatic N) is 5. The molecule has 0 amide bonds. The normalized spacial score (nSPS) is 21.3. The average molecular weight is 319 g/mol. The second-order valence-electron chi connectivity index (χ2n) is 6.47. The molecule has 1 aliphatic rings. The molecule has 1 aromatic heterocycles. The van der Waals surface area contributed by atoms with Gasteiger partial charge < -0.3 is 0 Å². The lowest BCUT2D eigenvalue weighted by molar-refractivity contribution is -0.143. The van der Waals surface area contributed by atoms with Crippen LogP contribution < -0.4 is 0 Å². The van der Waals surface area contributed by atoms with Crippen LogP contribution in [0.2, 0.25) is 0 Å². The van der Waals surface area contributed by atoms with Gasteiger partial charge in [0.05, 0.1) is 6.54 Å². The molecular formula is C14H24F3N5. The minimum atomic E-state index is -4.31. The molecule has 22 heavy (non-hydrogen) atoms. The Morgan fingerprint density at radius 1 is 1.23 bits per heavy atom. The highest BCUT2D eigenvalue weighted by Crippen LogP contribution is 2.24. The number of hydrogen-bond donors (Lipinski definition) is 0. The molecule has 1 aromatic rings. The van der Waals surface area contributed by atoms with Crippen molar-refractivity contribution in [1.82, 2.24) is 25.1 Å². The predicted molar refractivity (Wildman–Crippen MR) is 76.0 cm³/mol. The Labute approximate surface area is 128 Å². The van der Waals surface area contributed by atoms with Crippen molar-refractivity contribution in [3.63, 3.8) is 0 Å². The van der Waals surface area contributed by atoms with Crippen LogP contribution in [0.3, 0.4) is 0 Å². The van der Waals surface area contributed by atoms with E-state index < -0.39 is 12.7 Å². The molecule has 126 valence electrons. The lowest BCUT2D eigenvalue weighted by Gasteiger charge is -2.30. The van der Waals surface area contributed by atoms with Gasteiger partial charge in [-0.3, -0.25) is 4.90 Å². The Hall–Kier alpha value is -1.18. The van der Waals surface area contributed by atoms with Gasteiger partial charge in [0.1, 0.15) is 6.54 Å². The maximum Gasteiger partial charge on any atom is 0.408 e. The summed E-state index contributed by atoms with van der Waals surface area (Å²) in [6, 6.07) is 0.401. The lowest BCUT2D eigenvalue weighted by Crippen LogP contribution is -2.36. The van der Waals surface area contributed by atoms with Crippen molar-refractivity contribution in [2.75, 3.05) is 6.54 Å². The minimum absolute atomic E-state index is 0.299. The summed E-state index contributed by atoms with van der Waals surface area (Å²) >= 11 is 0. The molecule has 1 saturated heterocycles. The highest BCUT2D eigenvalue weighted by atomic mass is 19.4. The molecule has 0 spiro atoms. The molecule has 0 N–H and O–H groups in total. The standard InChI is InChI=1S/C14H24F3N5/c1-11(2)8-12-6-4-3-5-7-21(12)9-13-18-19-20-22(13)10-14(15,16)17/h11-12H,3-10H2,1-2H3/t12-/m1/s1. The van der Waals surface area contributed by atoms with Gasteiger partial charge in [0.2, 0.25) is 0 Å². The molecule has 1 atom stereocenters. The van der Waals surface area contributed by atoms with Crippen LogP contribution in [-0.4, -0.2) is 43.9 Å². The van der Waals surface area contributed by atoms with E-state index in [2.05, 4.69) is 34.3 Å². The van der Waals surface area contributed by atoms with Gasteiger partial charge in [-0.05, 0) is 42.2 Å². The second-order valence-corrected chi connectivity index (χ2v) is 6.47. The molecule has 2 rings (SSSR count). The fourth-order valence-corrected chi connectivity index (χ4v) is 3.07. The van der Waals surface area contributed by atoms with Crippen molar-refractivity contribution in [1.29, 1.82) is 0 Å². The van der Waals surface area contributed by atoms with E-state index in [9.17, 15) is 13.2 Å². The third-order valence-corrected chi connectivity index (χ3v) is 4.02. The van der Waals surface area contributed by atoms with E-state index in [0.29, 0.717) is 24.3 Å². The Balaban J connectivity index is 2.08. The van der Waals surface area contributed by atoms with Gasteiger partial charge in [-0.25, -0.2) is 4.68 Å². The largest absolute Gasteiger partial charge is 0.408 e. The van der Waals surface area contributed by atoms with Crippen LogP contribution in [0.5, 0.6) is 0 Å². The number of alkyl halides is 3. The molecule has 2 heterocycles. The van der Waals surface area contributed by atoms with Crippen molar-refractivity contribution >= 4 is 0 Å². The highest BCUT2D eigenvalue weighted by molar-refractivity contribution is 4.86. The maximum absolute atomic E-state index is 12.6. The molecule has 0 aromatic carbocycles. The maximum atomic E-state index is 12.6. The SMILES string of the molecule is CC(C)C[C@H]1CCCCCN1Cc1nnnn1CC(F)(F)F. The summed E-state index contributed by atoms with van der Waals surface area (Å²) in [6.07, 6.45) is 1.29. The third kappa shape index (κ3) is 5.23. The number of likely N-dealkylation sites (tertiary alicyclic amines) is 1. The van der Waals surface area contributed by atoms with Crippen molar-refractivity contribution in [3.8, 4) is 0 Å². The van der Waals surface area contributed by atoms with Crippen molar-refractivity contribution in [2.24, 2.45) is 5.92 Å². The Kier molecular flexibility index (Phi) is 5.77. The smallest absolute Gasteiger partial charge is 0.293 e. The molecule has 0 radical (unpaired) electrons. The average Bonchev–Trinajstić information content (AvgIpc) is 2.68. The van der Waals surface area contributed by atoms with E-state index in [1.807, 2.05) is 0 Å². The summed E-state index contributed by atoms with van der Waals surface area (Å²) in [4.78, 5) is 2.26. The van der Waals surface area contributed by atoms with Gasteiger partial charge >= 0.3 is 6.18 Å². The van der Waals surface area contributed by atoms with Crippen LogP contribution in [-0.2, 0) is 13.1 Å². The van der Waals surface area contributed by atoms with Crippen LogP contribution in [0.4, 0.5) is 13.2 Å². The van der Waals surface area contributed by atoms with Gasteiger partial charge in [-0.2, -0.15) is 13.2 Å². The highest BCUT2D eigenvalue weighted by Gasteiger charge is 2.31. The van der Waals surface area contributed by atoms with Crippen molar-refractivity contribution in [2.45, 2.75) is 71.3 Å². The molecule has 8 heteroatoms. The first-order chi connectivity index (χ1) is 10.3. The summed E-state index contributed by atoms with van der Waals surface area (Å²) in [5, 5.41) is 10.7. The fraction of sp³-hybridized carbons (Fsp3) is 0.929. The fourth-order valence-electron chi connectivity index (χ4n) is 3.07. The summed E-state index contributed by atoms with van der Waals surface area (Å²) in [6.45, 7) is 4.52. The van der Waals surface area contributed by atoms with E-state index in [-0.39, 0.29) is 0 Å². The molecule has 5 nitrogen and oxygen atoms in total. The molecule has 0 saturated carbocycles. The Bertz CT molecular complexity index is 458. The quantitative estimate of drug-likeness (QED) is 0.837. The van der Waals surface area contributed by atoms with Gasteiger partial charge in [0.25, 0.3) is 0 Å². The second kappa shape index (κ2) is 7.39. The Morgan fingerprint density at radius 2 is 2.00 bits per heavy atom. The van der Waals surface area contributed by atoms with E-state index >= 15 is 0 Å². The first kappa shape index (κ1) is 17.2. The van der Waals surface area contributed by atoms with Gasteiger partial charge in [0, 0.05) is 6.04 Å². The first-order valence-corrected chi connectivity index (χ1v) is 7.91. The van der Waals surface area contributed by atoms with E-state index in [0.717, 1.165) is 30.5 Å². The zero-order valence-corrected chi connectivity index (χ0v) is 13.2. The zero-order valence-electron chi connectivity index (χ0n) is 13.2. The molecule has 1 aliphatic heterocycles. The first-order valence-electron chi connectivity index (χ1n) is 7.91. The van der Waals surface area contributed by atoms with E-state index in [1.54, 1.807) is 0 Å². The van der Waals surface area contributed by atoms with Gasteiger partial charge in [0.15, 0.2) is 5.82 Å². The Morgan fingerprint density at radius 3 is 2.68 bits per heavy atom. The number of hydrogen-bond acceptors (Lipinski definition) is 4. The summed E-state index contributed by atoms with van der Waals surface area (Å²) in [7, 11) is 0. The van der Waals surface area contributed by atoms with Crippen LogP contribution in [0.25, 0.3) is 0 Å². The summed E-state index contributed by atoms with van der Waals surface area (Å²) < 4.78 is 38.6. The minimum Gasteiger partial charge on any atom is -0.293 e. The van der Waals surface area contributed by atoms with Crippen molar-refractivity contribution < 1.29 is 13.2 Å². The number of halogens is 3. The summed E-state index contributed by atoms with van der Waals surface area (Å²) in [5.74, 6) is 0.866. The van der Waals surface area contributed by atoms with E-state index in [1.165, 1.54) is 12.8 Å². The molecule has 0 bridgehead atoms. The van der Waals surface area contributed by atoms with Crippen LogP contribution >= 0.6 is 0 Å². The molecule has 0 unspecified atom stereocenters. The third-order valence-electron chi connectivity index (χ3n) is 4.02. The molecule has 0 aliphatic carbocycles. The van der Waals surface area contributed by atoms with Crippen molar-refractivity contribution in [3.05, 3.63) is 5.82 Å². The number of tetrazole rings is 1. The number of aromatic nitrogens is 4.